The second-order valence-corrected chi connectivity index (χ2v) is 3.42. The molecule has 14 heavy (non-hydrogen) atoms. The van der Waals surface area contributed by atoms with E-state index in [-0.39, 0.29) is 24.8 Å². The van der Waals surface area contributed by atoms with Gasteiger partial charge in [0.25, 0.3) is 0 Å². The molecule has 80 valence electrons. The Morgan fingerprint density at radius 3 is 2.71 bits per heavy atom. The molecule has 5 heteroatoms. The third kappa shape index (κ3) is 2.99. The summed E-state index contributed by atoms with van der Waals surface area (Å²) in [5, 5.41) is 8.41. The Hall–Kier alpha value is -1.10. The number of likely N-dealkylation sites (N-methyl/N-ethyl adjacent to an activating group) is 1. The van der Waals surface area contributed by atoms with Gasteiger partial charge >= 0.3 is 5.97 Å². The number of rotatable bonds is 4. The molecule has 1 aliphatic rings. The van der Waals surface area contributed by atoms with Crippen LogP contribution in [0.5, 0.6) is 0 Å². The lowest BCUT2D eigenvalue weighted by Crippen LogP contribution is -2.37. The van der Waals surface area contributed by atoms with Crippen molar-refractivity contribution in [3.63, 3.8) is 0 Å². The monoisotopic (exact) mass is 201 g/mol. The number of ether oxygens (including phenoxy) is 1. The topological polar surface area (TPSA) is 66.8 Å². The van der Waals surface area contributed by atoms with Crippen LogP contribution in [-0.4, -0.2) is 48.2 Å². The molecule has 1 aliphatic heterocycles. The maximum absolute atomic E-state index is 11.4. The van der Waals surface area contributed by atoms with E-state index in [0.29, 0.717) is 13.2 Å². The largest absolute Gasteiger partial charge is 0.481 e. The zero-order chi connectivity index (χ0) is 10.6. The van der Waals surface area contributed by atoms with E-state index in [1.165, 1.54) is 0 Å². The van der Waals surface area contributed by atoms with Crippen LogP contribution in [0, 0.1) is 0 Å². The first-order valence-electron chi connectivity index (χ1n) is 4.66. The first kappa shape index (κ1) is 11.0. The van der Waals surface area contributed by atoms with Gasteiger partial charge in [0.2, 0.25) is 5.91 Å². The van der Waals surface area contributed by atoms with Crippen LogP contribution in [0.4, 0.5) is 0 Å². The number of carbonyl (C=O) groups is 2. The summed E-state index contributed by atoms with van der Waals surface area (Å²) in [4.78, 5) is 23.3. The molecule has 1 fully saturated rings. The zero-order valence-electron chi connectivity index (χ0n) is 8.23. The number of aliphatic carboxylic acids is 1. The Morgan fingerprint density at radius 1 is 1.50 bits per heavy atom. The van der Waals surface area contributed by atoms with Gasteiger partial charge in [0.05, 0.1) is 19.1 Å². The highest BCUT2D eigenvalue weighted by Gasteiger charge is 2.23. The van der Waals surface area contributed by atoms with Crippen LogP contribution in [0.3, 0.4) is 0 Å². The molecule has 1 N–H and O–H groups in total. The van der Waals surface area contributed by atoms with Crippen LogP contribution in [-0.2, 0) is 14.3 Å². The van der Waals surface area contributed by atoms with Gasteiger partial charge in [-0.15, -0.1) is 0 Å². The van der Waals surface area contributed by atoms with E-state index < -0.39 is 5.97 Å². The fourth-order valence-corrected chi connectivity index (χ4v) is 1.42. The number of carbonyl (C=O) groups excluding carboxylic acids is 1. The quantitative estimate of drug-likeness (QED) is 0.700. The average Bonchev–Trinajstić information content (AvgIpc) is 2.65. The predicted octanol–water partition coefficient (Wildman–Crippen LogP) is 0.0985. The number of hydrogen-bond acceptors (Lipinski definition) is 3. The van der Waals surface area contributed by atoms with Crippen LogP contribution >= 0.6 is 0 Å². The summed E-state index contributed by atoms with van der Waals surface area (Å²) in [5.74, 6) is -1.06. The maximum Gasteiger partial charge on any atom is 0.303 e. The maximum atomic E-state index is 11.4. The number of amides is 1. The molecule has 1 saturated heterocycles. The fourth-order valence-electron chi connectivity index (χ4n) is 1.42. The van der Waals surface area contributed by atoms with Gasteiger partial charge in [0.1, 0.15) is 0 Å². The van der Waals surface area contributed by atoms with Crippen molar-refractivity contribution in [2.45, 2.75) is 25.3 Å². The van der Waals surface area contributed by atoms with Crippen LogP contribution < -0.4 is 0 Å². The molecule has 0 spiro atoms. The van der Waals surface area contributed by atoms with E-state index in [2.05, 4.69) is 0 Å². The van der Waals surface area contributed by atoms with Crippen molar-refractivity contribution >= 4 is 11.9 Å². The van der Waals surface area contributed by atoms with E-state index in [1.807, 2.05) is 0 Å². The second-order valence-electron chi connectivity index (χ2n) is 3.42. The van der Waals surface area contributed by atoms with Crippen molar-refractivity contribution in [3.8, 4) is 0 Å². The standard InChI is InChI=1S/C9H15NO4/c1-10(7-4-5-14-6-7)8(11)2-3-9(12)13/h7H,2-6H2,1H3,(H,12,13). The number of carboxylic acids is 1. The Kier molecular flexibility index (Phi) is 3.88. The molecule has 0 radical (unpaired) electrons. The molecule has 5 nitrogen and oxygen atoms in total. The molecule has 0 bridgehead atoms. The zero-order valence-corrected chi connectivity index (χ0v) is 8.23. The van der Waals surface area contributed by atoms with Gasteiger partial charge in [-0.1, -0.05) is 0 Å². The molecular weight excluding hydrogens is 186 g/mol. The van der Waals surface area contributed by atoms with Crippen LogP contribution in [0.1, 0.15) is 19.3 Å². The lowest BCUT2D eigenvalue weighted by Gasteiger charge is -2.22. The highest BCUT2D eigenvalue weighted by Crippen LogP contribution is 2.11. The lowest BCUT2D eigenvalue weighted by molar-refractivity contribution is -0.141. The molecule has 0 aromatic carbocycles. The van der Waals surface area contributed by atoms with Gasteiger partial charge < -0.3 is 14.7 Å². The van der Waals surface area contributed by atoms with Crippen LogP contribution in [0.15, 0.2) is 0 Å². The average molecular weight is 201 g/mol. The number of nitrogens with zero attached hydrogens (tertiary/aromatic N) is 1. The highest BCUT2D eigenvalue weighted by atomic mass is 16.5. The predicted molar refractivity (Wildman–Crippen MR) is 48.9 cm³/mol. The van der Waals surface area contributed by atoms with Crippen LogP contribution in [0.25, 0.3) is 0 Å². The van der Waals surface area contributed by atoms with Gasteiger partial charge in [0, 0.05) is 20.1 Å². The van der Waals surface area contributed by atoms with Crippen molar-refractivity contribution in [1.29, 1.82) is 0 Å². The Morgan fingerprint density at radius 2 is 2.21 bits per heavy atom. The minimum atomic E-state index is -0.936. The lowest BCUT2D eigenvalue weighted by atomic mass is 10.2. The summed E-state index contributed by atoms with van der Waals surface area (Å²) < 4.78 is 5.14. The first-order chi connectivity index (χ1) is 6.61. The molecule has 0 aromatic rings. The summed E-state index contributed by atoms with van der Waals surface area (Å²) in [7, 11) is 1.70. The Balaban J connectivity index is 2.31. The normalized spacial score (nSPS) is 20.8. The summed E-state index contributed by atoms with van der Waals surface area (Å²) in [6, 6.07) is 0.122. The van der Waals surface area contributed by atoms with Gasteiger partial charge in [-0.25, -0.2) is 0 Å². The van der Waals surface area contributed by atoms with E-state index in [0.717, 1.165) is 6.42 Å². The van der Waals surface area contributed by atoms with E-state index in [1.54, 1.807) is 11.9 Å². The molecule has 1 unspecified atom stereocenters. The minimum absolute atomic E-state index is 0.0718. The molecule has 1 atom stereocenters. The molecule has 1 rings (SSSR count). The van der Waals surface area contributed by atoms with Crippen molar-refractivity contribution in [2.75, 3.05) is 20.3 Å². The molecule has 0 saturated carbocycles. The minimum Gasteiger partial charge on any atom is -0.481 e. The first-order valence-corrected chi connectivity index (χ1v) is 4.66. The number of hydrogen-bond donors (Lipinski definition) is 1. The van der Waals surface area contributed by atoms with Gasteiger partial charge in [-0.3, -0.25) is 9.59 Å². The Labute approximate surface area is 82.6 Å². The van der Waals surface area contributed by atoms with E-state index in [9.17, 15) is 9.59 Å². The highest BCUT2D eigenvalue weighted by molar-refractivity contribution is 5.80. The van der Waals surface area contributed by atoms with Crippen molar-refractivity contribution < 1.29 is 19.4 Å². The van der Waals surface area contributed by atoms with Crippen molar-refractivity contribution in [2.24, 2.45) is 0 Å². The molecule has 0 aromatic heterocycles. The molecule has 0 aliphatic carbocycles. The summed E-state index contributed by atoms with van der Waals surface area (Å²) in [6.45, 7) is 1.25. The number of carboxylic acid groups (broad SMARTS) is 1. The third-order valence-corrected chi connectivity index (χ3v) is 2.40. The summed E-state index contributed by atoms with van der Waals surface area (Å²) in [5.41, 5.74) is 0. The third-order valence-electron chi connectivity index (χ3n) is 2.40. The molecule has 1 amide bonds. The van der Waals surface area contributed by atoms with Crippen molar-refractivity contribution in [1.82, 2.24) is 4.90 Å². The molecule has 1 heterocycles. The van der Waals surface area contributed by atoms with E-state index >= 15 is 0 Å². The van der Waals surface area contributed by atoms with Gasteiger partial charge in [-0.05, 0) is 6.42 Å². The van der Waals surface area contributed by atoms with Gasteiger partial charge in [0.15, 0.2) is 0 Å². The summed E-state index contributed by atoms with van der Waals surface area (Å²) >= 11 is 0. The summed E-state index contributed by atoms with van der Waals surface area (Å²) in [6.07, 6.45) is 0.814. The van der Waals surface area contributed by atoms with Crippen molar-refractivity contribution in [3.05, 3.63) is 0 Å². The SMILES string of the molecule is CN(C(=O)CCC(=O)O)C1CCOC1. The van der Waals surface area contributed by atoms with E-state index in [4.69, 9.17) is 9.84 Å². The second kappa shape index (κ2) is 4.95. The van der Waals surface area contributed by atoms with Gasteiger partial charge in [-0.2, -0.15) is 0 Å². The fraction of sp³-hybridized carbons (Fsp3) is 0.778. The molecular formula is C9H15NO4. The smallest absolute Gasteiger partial charge is 0.303 e. The van der Waals surface area contributed by atoms with Crippen LogP contribution in [0.2, 0.25) is 0 Å². The Bertz CT molecular complexity index is 223.